The Kier molecular flexibility index (Phi) is 4.79. The van der Waals surface area contributed by atoms with Gasteiger partial charge < -0.3 is 5.32 Å². The molecule has 2 fully saturated rings. The third-order valence-electron chi connectivity index (χ3n) is 5.75. The van der Waals surface area contributed by atoms with Crippen LogP contribution in [0.3, 0.4) is 0 Å². The second-order valence-electron chi connectivity index (χ2n) is 7.48. The lowest BCUT2D eigenvalue weighted by atomic mass is 9.88. The van der Waals surface area contributed by atoms with E-state index in [9.17, 15) is 14.4 Å². The number of hydrogen-bond donors (Lipinski definition) is 1. The van der Waals surface area contributed by atoms with Crippen molar-refractivity contribution in [2.24, 2.45) is 16.9 Å². The molecule has 156 valence electrons. The predicted molar refractivity (Wildman–Crippen MR) is 118 cm³/mol. The molecule has 2 aromatic carbocycles. The number of hydrazone groups is 1. The van der Waals surface area contributed by atoms with Crippen LogP contribution in [0.15, 0.2) is 65.8 Å². The average Bonchev–Trinajstić information content (AvgIpc) is 3.22. The van der Waals surface area contributed by atoms with Crippen LogP contribution in [0.4, 0.5) is 11.4 Å². The molecule has 0 bridgehead atoms. The number of hydrogen-bond acceptors (Lipinski definition) is 5. The third kappa shape index (κ3) is 3.12. The first kappa shape index (κ1) is 19.8. The standard InChI is InChI=1S/C22H16Cl2N4O3/c23-12-8-9-15(14(24)11-12)27-21(30)17-16-7-4-10-25-28(16)19(18(17)22(27)31)20(29)26-13-5-2-1-3-6-13/h1-11,16-19H,(H,26,29)/t16-,17-,18-,19+/m1/s1. The zero-order valence-electron chi connectivity index (χ0n) is 16.0. The topological polar surface area (TPSA) is 82.1 Å². The number of rotatable bonds is 3. The normalized spacial score (nSPS) is 26.3. The van der Waals surface area contributed by atoms with Crippen LogP contribution in [0.2, 0.25) is 10.0 Å². The van der Waals surface area contributed by atoms with E-state index in [4.69, 9.17) is 23.2 Å². The van der Waals surface area contributed by atoms with Gasteiger partial charge >= 0.3 is 0 Å². The number of benzene rings is 2. The molecule has 5 rings (SSSR count). The molecule has 3 heterocycles. The smallest absolute Gasteiger partial charge is 0.249 e. The van der Waals surface area contributed by atoms with E-state index in [1.807, 2.05) is 6.07 Å². The predicted octanol–water partition coefficient (Wildman–Crippen LogP) is 3.35. The van der Waals surface area contributed by atoms with Gasteiger partial charge in [0.1, 0.15) is 6.04 Å². The number of nitrogens with one attached hydrogen (secondary N) is 1. The highest BCUT2D eigenvalue weighted by Gasteiger charge is 2.64. The van der Waals surface area contributed by atoms with Gasteiger partial charge in [-0.05, 0) is 36.4 Å². The molecule has 3 amide bonds. The van der Waals surface area contributed by atoms with Gasteiger partial charge in [0.05, 0.1) is 28.6 Å². The Labute approximate surface area is 187 Å². The van der Waals surface area contributed by atoms with E-state index in [0.29, 0.717) is 10.7 Å². The summed E-state index contributed by atoms with van der Waals surface area (Å²) in [4.78, 5) is 41.2. The van der Waals surface area contributed by atoms with Crippen molar-refractivity contribution >= 4 is 58.5 Å². The Morgan fingerprint density at radius 3 is 2.48 bits per heavy atom. The number of halogens is 2. The van der Waals surface area contributed by atoms with Gasteiger partial charge in [0.25, 0.3) is 0 Å². The van der Waals surface area contributed by atoms with Gasteiger partial charge in [-0.2, -0.15) is 5.10 Å². The summed E-state index contributed by atoms with van der Waals surface area (Å²) < 4.78 is 0. The molecule has 4 atom stereocenters. The fourth-order valence-corrected chi connectivity index (χ4v) is 4.97. The SMILES string of the molecule is O=C(Nc1ccccc1)[C@@H]1[C@@H]2C(=O)N(c3ccc(Cl)cc3Cl)C(=O)[C@@H]2[C@H]2C=CC=NN21. The largest absolute Gasteiger partial charge is 0.324 e. The van der Waals surface area contributed by atoms with Crippen LogP contribution in [0.5, 0.6) is 0 Å². The van der Waals surface area contributed by atoms with Crippen molar-refractivity contribution in [3.05, 3.63) is 70.7 Å². The van der Waals surface area contributed by atoms with Crippen LogP contribution in [0.25, 0.3) is 0 Å². The molecule has 7 nitrogen and oxygen atoms in total. The van der Waals surface area contributed by atoms with Gasteiger partial charge in [-0.3, -0.25) is 19.4 Å². The zero-order valence-corrected chi connectivity index (χ0v) is 17.5. The Balaban J connectivity index is 1.53. The molecule has 31 heavy (non-hydrogen) atoms. The van der Waals surface area contributed by atoms with Crippen molar-refractivity contribution in [3.8, 4) is 0 Å². The third-order valence-corrected chi connectivity index (χ3v) is 6.29. The number of carbonyl (C=O) groups is 3. The molecule has 2 saturated heterocycles. The molecule has 0 spiro atoms. The van der Waals surface area contributed by atoms with Crippen LogP contribution in [0.1, 0.15) is 0 Å². The number of carbonyl (C=O) groups excluding carboxylic acids is 3. The molecule has 2 aromatic rings. The van der Waals surface area contributed by atoms with Gasteiger partial charge in [0, 0.05) is 16.9 Å². The average molecular weight is 455 g/mol. The molecule has 0 aromatic heterocycles. The molecule has 0 aliphatic carbocycles. The van der Waals surface area contributed by atoms with E-state index in [1.165, 1.54) is 12.1 Å². The summed E-state index contributed by atoms with van der Waals surface area (Å²) in [7, 11) is 0. The van der Waals surface area contributed by atoms with Gasteiger partial charge in [-0.25, -0.2) is 4.90 Å². The van der Waals surface area contributed by atoms with Crippen molar-refractivity contribution in [1.29, 1.82) is 0 Å². The Bertz CT molecular complexity index is 1150. The highest BCUT2D eigenvalue weighted by molar-refractivity contribution is 6.38. The molecule has 3 aliphatic heterocycles. The Morgan fingerprint density at radius 1 is 1.00 bits per heavy atom. The minimum atomic E-state index is -0.941. The van der Waals surface area contributed by atoms with Crippen molar-refractivity contribution in [2.45, 2.75) is 12.1 Å². The maximum absolute atomic E-state index is 13.5. The van der Waals surface area contributed by atoms with Gasteiger partial charge in [-0.15, -0.1) is 0 Å². The van der Waals surface area contributed by atoms with Gasteiger partial charge in [0.2, 0.25) is 17.7 Å². The van der Waals surface area contributed by atoms with E-state index < -0.39 is 41.6 Å². The van der Waals surface area contributed by atoms with Crippen LogP contribution < -0.4 is 10.2 Å². The van der Waals surface area contributed by atoms with Crippen molar-refractivity contribution in [3.63, 3.8) is 0 Å². The maximum Gasteiger partial charge on any atom is 0.249 e. The summed E-state index contributed by atoms with van der Waals surface area (Å²) in [5, 5.41) is 9.27. The summed E-state index contributed by atoms with van der Waals surface area (Å²) >= 11 is 12.3. The maximum atomic E-state index is 13.5. The first-order chi connectivity index (χ1) is 15.0. The number of nitrogens with zero attached hydrogens (tertiary/aromatic N) is 3. The molecule has 0 radical (unpaired) electrons. The number of amides is 3. The molecular weight excluding hydrogens is 439 g/mol. The molecule has 0 unspecified atom stereocenters. The van der Waals surface area contributed by atoms with Gasteiger partial charge in [-0.1, -0.05) is 47.5 Å². The Morgan fingerprint density at radius 2 is 1.74 bits per heavy atom. The lowest BCUT2D eigenvalue weighted by Crippen LogP contribution is -2.47. The molecule has 1 N–H and O–H groups in total. The number of imide groups is 1. The number of para-hydroxylation sites is 1. The van der Waals surface area contributed by atoms with E-state index in [0.717, 1.165) is 4.90 Å². The summed E-state index contributed by atoms with van der Waals surface area (Å²) in [6.45, 7) is 0. The van der Waals surface area contributed by atoms with Crippen molar-refractivity contribution in [2.75, 3.05) is 10.2 Å². The first-order valence-corrected chi connectivity index (χ1v) is 10.4. The highest BCUT2D eigenvalue weighted by Crippen LogP contribution is 2.46. The summed E-state index contributed by atoms with van der Waals surface area (Å²) in [6, 6.07) is 12.1. The number of anilines is 2. The monoisotopic (exact) mass is 454 g/mol. The summed E-state index contributed by atoms with van der Waals surface area (Å²) in [6.07, 6.45) is 5.05. The van der Waals surface area contributed by atoms with Crippen LogP contribution in [-0.2, 0) is 14.4 Å². The van der Waals surface area contributed by atoms with Crippen LogP contribution in [0, 0.1) is 11.8 Å². The van der Waals surface area contributed by atoms with Crippen LogP contribution >= 0.6 is 23.2 Å². The minimum absolute atomic E-state index is 0.188. The molecule has 0 saturated carbocycles. The molecule has 9 heteroatoms. The zero-order chi connectivity index (χ0) is 21.7. The quantitative estimate of drug-likeness (QED) is 0.720. The summed E-state index contributed by atoms with van der Waals surface area (Å²) in [5.41, 5.74) is 0.853. The lowest BCUT2D eigenvalue weighted by molar-refractivity contribution is -0.129. The highest BCUT2D eigenvalue weighted by atomic mass is 35.5. The van der Waals surface area contributed by atoms with Gasteiger partial charge in [0.15, 0.2) is 0 Å². The number of fused-ring (bicyclic) bond motifs is 3. The Hall–Kier alpha value is -3.16. The molecular formula is C22H16Cl2N4O3. The van der Waals surface area contributed by atoms with E-state index in [2.05, 4.69) is 10.4 Å². The van der Waals surface area contributed by atoms with Crippen molar-refractivity contribution < 1.29 is 14.4 Å². The second kappa shape index (κ2) is 7.51. The second-order valence-corrected chi connectivity index (χ2v) is 8.32. The van der Waals surface area contributed by atoms with E-state index in [1.54, 1.807) is 53.7 Å². The summed E-state index contributed by atoms with van der Waals surface area (Å²) in [5.74, 6) is -2.94. The van der Waals surface area contributed by atoms with Crippen molar-refractivity contribution in [1.82, 2.24) is 5.01 Å². The fraction of sp³-hybridized carbons (Fsp3) is 0.182. The van der Waals surface area contributed by atoms with Crippen LogP contribution in [-0.4, -0.2) is 41.0 Å². The lowest BCUT2D eigenvalue weighted by Gasteiger charge is -2.30. The van der Waals surface area contributed by atoms with E-state index in [-0.39, 0.29) is 10.7 Å². The number of allylic oxidation sites excluding steroid dienone is 1. The van der Waals surface area contributed by atoms with E-state index >= 15 is 0 Å². The molecule has 3 aliphatic rings. The first-order valence-electron chi connectivity index (χ1n) is 9.65. The fourth-order valence-electron chi connectivity index (χ4n) is 4.48. The minimum Gasteiger partial charge on any atom is -0.324 e.